The lowest BCUT2D eigenvalue weighted by molar-refractivity contribution is 0.224. The van der Waals surface area contributed by atoms with Gasteiger partial charge in [-0.2, -0.15) is 0 Å². The summed E-state index contributed by atoms with van der Waals surface area (Å²) in [6.45, 7) is 8.04. The van der Waals surface area contributed by atoms with E-state index in [4.69, 9.17) is 0 Å². The number of hydrogen-bond donors (Lipinski definition) is 2. The SMILES string of the molecule is CCCCCCCCCCCCN[C@@H](CO)CC(C)C. The molecule has 0 bridgehead atoms. The molecule has 0 aromatic rings. The molecular weight excluding hydrogens is 246 g/mol. The monoisotopic (exact) mass is 285 g/mol. The molecule has 2 heteroatoms. The summed E-state index contributed by atoms with van der Waals surface area (Å²) in [7, 11) is 0. The molecule has 122 valence electrons. The number of nitrogens with one attached hydrogen (secondary N) is 1. The van der Waals surface area contributed by atoms with Crippen LogP contribution in [0.4, 0.5) is 0 Å². The Morgan fingerprint density at radius 3 is 1.75 bits per heavy atom. The highest BCUT2D eigenvalue weighted by Crippen LogP contribution is 2.10. The largest absolute Gasteiger partial charge is 0.395 e. The van der Waals surface area contributed by atoms with Crippen molar-refractivity contribution < 1.29 is 5.11 Å². The van der Waals surface area contributed by atoms with Crippen LogP contribution in [0.1, 0.15) is 91.4 Å². The number of aliphatic hydroxyl groups excluding tert-OH is 1. The maximum Gasteiger partial charge on any atom is 0.0584 e. The molecule has 0 aliphatic carbocycles. The lowest BCUT2D eigenvalue weighted by Crippen LogP contribution is -2.34. The molecule has 2 nitrogen and oxygen atoms in total. The van der Waals surface area contributed by atoms with Crippen molar-refractivity contribution in [2.75, 3.05) is 13.2 Å². The molecule has 0 spiro atoms. The topological polar surface area (TPSA) is 32.3 Å². The van der Waals surface area contributed by atoms with Crippen LogP contribution in [0.15, 0.2) is 0 Å². The molecule has 0 radical (unpaired) electrons. The molecule has 0 unspecified atom stereocenters. The average Bonchev–Trinajstić information content (AvgIpc) is 2.43. The van der Waals surface area contributed by atoms with Crippen LogP contribution in [-0.4, -0.2) is 24.3 Å². The second kappa shape index (κ2) is 15.3. The predicted octanol–water partition coefficient (Wildman–Crippen LogP) is 4.90. The van der Waals surface area contributed by atoms with Crippen molar-refractivity contribution in [1.29, 1.82) is 0 Å². The molecular formula is C18H39NO. The molecule has 0 rings (SSSR count). The zero-order valence-corrected chi connectivity index (χ0v) is 14.3. The summed E-state index contributed by atoms with van der Waals surface area (Å²) in [4.78, 5) is 0. The minimum Gasteiger partial charge on any atom is -0.395 e. The highest BCUT2D eigenvalue weighted by atomic mass is 16.3. The van der Waals surface area contributed by atoms with Crippen LogP contribution in [-0.2, 0) is 0 Å². The first kappa shape index (κ1) is 19.9. The molecule has 0 saturated heterocycles. The van der Waals surface area contributed by atoms with Gasteiger partial charge in [-0.3, -0.25) is 0 Å². The van der Waals surface area contributed by atoms with E-state index < -0.39 is 0 Å². The van der Waals surface area contributed by atoms with Crippen LogP contribution in [0.3, 0.4) is 0 Å². The van der Waals surface area contributed by atoms with Crippen LogP contribution in [0, 0.1) is 5.92 Å². The van der Waals surface area contributed by atoms with Crippen LogP contribution in [0.25, 0.3) is 0 Å². The Morgan fingerprint density at radius 2 is 1.30 bits per heavy atom. The average molecular weight is 286 g/mol. The first-order chi connectivity index (χ1) is 9.70. The van der Waals surface area contributed by atoms with Crippen molar-refractivity contribution in [2.24, 2.45) is 5.92 Å². The molecule has 0 heterocycles. The zero-order chi connectivity index (χ0) is 15.1. The fourth-order valence-electron chi connectivity index (χ4n) is 2.71. The second-order valence-electron chi connectivity index (χ2n) is 6.65. The van der Waals surface area contributed by atoms with E-state index in [2.05, 4.69) is 26.1 Å². The molecule has 0 aromatic carbocycles. The van der Waals surface area contributed by atoms with E-state index in [9.17, 15) is 5.11 Å². The van der Waals surface area contributed by atoms with Crippen molar-refractivity contribution in [3.05, 3.63) is 0 Å². The van der Waals surface area contributed by atoms with Crippen molar-refractivity contribution in [1.82, 2.24) is 5.32 Å². The quantitative estimate of drug-likeness (QED) is 0.419. The summed E-state index contributed by atoms with van der Waals surface area (Å²) in [5.41, 5.74) is 0. The standard InChI is InChI=1S/C18H39NO/c1-4-5-6-7-8-9-10-11-12-13-14-19-18(16-20)15-17(2)3/h17-20H,4-16H2,1-3H3/t18-/m1/s1. The molecule has 0 aromatic heterocycles. The van der Waals surface area contributed by atoms with Crippen LogP contribution in [0.5, 0.6) is 0 Å². The molecule has 20 heavy (non-hydrogen) atoms. The third kappa shape index (κ3) is 14.3. The smallest absolute Gasteiger partial charge is 0.0584 e. The Labute approximate surface area is 127 Å². The first-order valence-corrected chi connectivity index (χ1v) is 9.05. The number of aliphatic hydroxyl groups is 1. The molecule has 0 saturated carbocycles. The number of unbranched alkanes of at least 4 members (excludes halogenated alkanes) is 9. The van der Waals surface area contributed by atoms with E-state index in [1.165, 1.54) is 64.2 Å². The van der Waals surface area contributed by atoms with Gasteiger partial charge in [-0.1, -0.05) is 78.6 Å². The first-order valence-electron chi connectivity index (χ1n) is 9.05. The summed E-state index contributed by atoms with van der Waals surface area (Å²) in [6, 6.07) is 0.300. The third-order valence-electron chi connectivity index (χ3n) is 3.94. The van der Waals surface area contributed by atoms with Gasteiger partial charge in [0.15, 0.2) is 0 Å². The minimum absolute atomic E-state index is 0.274. The lowest BCUT2D eigenvalue weighted by Gasteiger charge is -2.18. The maximum atomic E-state index is 9.27. The minimum atomic E-state index is 0.274. The molecule has 0 aliphatic rings. The van der Waals surface area contributed by atoms with E-state index >= 15 is 0 Å². The number of hydrogen-bond acceptors (Lipinski definition) is 2. The van der Waals surface area contributed by atoms with Crippen LogP contribution < -0.4 is 5.32 Å². The zero-order valence-electron chi connectivity index (χ0n) is 14.3. The van der Waals surface area contributed by atoms with Crippen LogP contribution in [0.2, 0.25) is 0 Å². The van der Waals surface area contributed by atoms with E-state index in [0.717, 1.165) is 13.0 Å². The summed E-state index contributed by atoms with van der Waals surface area (Å²) in [6.07, 6.45) is 14.9. The van der Waals surface area contributed by atoms with E-state index in [-0.39, 0.29) is 6.61 Å². The van der Waals surface area contributed by atoms with Crippen molar-refractivity contribution in [2.45, 2.75) is 97.4 Å². The van der Waals surface area contributed by atoms with Gasteiger partial charge in [0, 0.05) is 6.04 Å². The fraction of sp³-hybridized carbons (Fsp3) is 1.00. The summed E-state index contributed by atoms with van der Waals surface area (Å²) in [5.74, 6) is 0.660. The highest BCUT2D eigenvalue weighted by molar-refractivity contribution is 4.67. The van der Waals surface area contributed by atoms with Crippen molar-refractivity contribution >= 4 is 0 Å². The predicted molar refractivity (Wildman–Crippen MR) is 90.2 cm³/mol. The highest BCUT2D eigenvalue weighted by Gasteiger charge is 2.07. The van der Waals surface area contributed by atoms with Crippen molar-refractivity contribution in [3.63, 3.8) is 0 Å². The molecule has 0 amide bonds. The Kier molecular flexibility index (Phi) is 15.3. The van der Waals surface area contributed by atoms with Gasteiger partial charge in [-0.25, -0.2) is 0 Å². The Hall–Kier alpha value is -0.0800. The van der Waals surface area contributed by atoms with Gasteiger partial charge in [-0.05, 0) is 25.3 Å². The van der Waals surface area contributed by atoms with Gasteiger partial charge < -0.3 is 10.4 Å². The van der Waals surface area contributed by atoms with E-state index in [0.29, 0.717) is 12.0 Å². The van der Waals surface area contributed by atoms with Crippen LogP contribution >= 0.6 is 0 Å². The molecule has 0 fully saturated rings. The third-order valence-corrected chi connectivity index (χ3v) is 3.94. The Morgan fingerprint density at radius 1 is 0.800 bits per heavy atom. The molecule has 1 atom stereocenters. The van der Waals surface area contributed by atoms with Crippen molar-refractivity contribution in [3.8, 4) is 0 Å². The molecule has 0 aliphatic heterocycles. The van der Waals surface area contributed by atoms with Gasteiger partial charge in [0.25, 0.3) is 0 Å². The van der Waals surface area contributed by atoms with E-state index in [1.54, 1.807) is 0 Å². The fourth-order valence-corrected chi connectivity index (χ4v) is 2.71. The van der Waals surface area contributed by atoms with Gasteiger partial charge in [0.05, 0.1) is 6.61 Å². The summed E-state index contributed by atoms with van der Waals surface area (Å²) in [5, 5.41) is 12.7. The summed E-state index contributed by atoms with van der Waals surface area (Å²) < 4.78 is 0. The second-order valence-corrected chi connectivity index (χ2v) is 6.65. The van der Waals surface area contributed by atoms with Gasteiger partial charge in [0.2, 0.25) is 0 Å². The summed E-state index contributed by atoms with van der Waals surface area (Å²) >= 11 is 0. The lowest BCUT2D eigenvalue weighted by atomic mass is 10.0. The normalized spacial score (nSPS) is 13.1. The maximum absolute atomic E-state index is 9.27. The Balaban J connectivity index is 3.19. The van der Waals surface area contributed by atoms with E-state index in [1.807, 2.05) is 0 Å². The van der Waals surface area contributed by atoms with Gasteiger partial charge in [0.1, 0.15) is 0 Å². The number of rotatable bonds is 15. The van der Waals surface area contributed by atoms with Gasteiger partial charge >= 0.3 is 0 Å². The van der Waals surface area contributed by atoms with Gasteiger partial charge in [-0.15, -0.1) is 0 Å². The Bertz CT molecular complexity index is 182. The molecule has 2 N–H and O–H groups in total.